The van der Waals surface area contributed by atoms with Crippen molar-refractivity contribution in [1.29, 1.82) is 0 Å². The van der Waals surface area contributed by atoms with Crippen molar-refractivity contribution in [2.45, 2.75) is 49.3 Å². The lowest BCUT2D eigenvalue weighted by molar-refractivity contribution is -0.133. The number of ether oxygens (including phenoxy) is 1. The number of amides is 2. The Labute approximate surface area is 199 Å². The number of rotatable bonds is 10. The molecule has 1 aromatic heterocycles. The van der Waals surface area contributed by atoms with Crippen LogP contribution in [-0.2, 0) is 4.79 Å². The molecule has 180 valence electrons. The highest BCUT2D eigenvalue weighted by Crippen LogP contribution is 2.30. The lowest BCUT2D eigenvalue weighted by Gasteiger charge is -2.36. The molecule has 3 rings (SSSR count). The first-order valence-corrected chi connectivity index (χ1v) is 12.6. The molecule has 0 unspecified atom stereocenters. The van der Waals surface area contributed by atoms with Crippen LogP contribution >= 0.6 is 23.1 Å². The average molecular weight is 500 g/mol. The molecule has 2 N–H and O–H groups in total. The number of thiazole rings is 1. The van der Waals surface area contributed by atoms with Crippen LogP contribution < -0.4 is 10.1 Å². The summed E-state index contributed by atoms with van der Waals surface area (Å²) in [6.45, 7) is 2.81. The van der Waals surface area contributed by atoms with Crippen LogP contribution in [0.15, 0.2) is 28.6 Å². The number of thioether (sulfide) groups is 1. The molecule has 0 aliphatic heterocycles. The van der Waals surface area contributed by atoms with E-state index in [1.807, 2.05) is 0 Å². The number of aliphatic carboxylic acids is 1. The van der Waals surface area contributed by atoms with Crippen LogP contribution in [0.4, 0.5) is 18.7 Å². The smallest absolute Gasteiger partial charge is 0.323 e. The highest BCUT2D eigenvalue weighted by atomic mass is 32.2. The molecule has 1 aromatic carbocycles. The number of aromatic nitrogens is 1. The number of halogens is 2. The van der Waals surface area contributed by atoms with Gasteiger partial charge < -0.3 is 14.7 Å². The highest BCUT2D eigenvalue weighted by molar-refractivity contribution is 8.01. The van der Waals surface area contributed by atoms with E-state index in [4.69, 9.17) is 9.84 Å². The first-order chi connectivity index (χ1) is 15.8. The van der Waals surface area contributed by atoms with Crippen LogP contribution in [0.1, 0.15) is 39.0 Å². The maximum atomic E-state index is 13.8. The third kappa shape index (κ3) is 7.85. The van der Waals surface area contributed by atoms with E-state index < -0.39 is 17.6 Å². The van der Waals surface area contributed by atoms with Crippen molar-refractivity contribution < 1.29 is 28.2 Å². The second kappa shape index (κ2) is 12.2. The normalized spacial score (nSPS) is 18.0. The molecule has 7 nitrogen and oxygen atoms in total. The summed E-state index contributed by atoms with van der Waals surface area (Å²) in [4.78, 5) is 29.8. The van der Waals surface area contributed by atoms with Crippen molar-refractivity contribution in [3.05, 3.63) is 36.0 Å². The molecular weight excluding hydrogens is 472 g/mol. The molecule has 0 radical (unpaired) electrons. The zero-order chi connectivity index (χ0) is 23.8. The van der Waals surface area contributed by atoms with Gasteiger partial charge in [0, 0.05) is 18.7 Å². The Morgan fingerprint density at radius 2 is 2.06 bits per heavy atom. The van der Waals surface area contributed by atoms with E-state index >= 15 is 0 Å². The average Bonchev–Trinajstić information content (AvgIpc) is 3.21. The van der Waals surface area contributed by atoms with Gasteiger partial charge in [-0.2, -0.15) is 0 Å². The lowest BCUT2D eigenvalue weighted by atomic mass is 9.86. The van der Waals surface area contributed by atoms with Gasteiger partial charge in [0.25, 0.3) is 0 Å². The Morgan fingerprint density at radius 1 is 1.30 bits per heavy atom. The molecule has 0 spiro atoms. The van der Waals surface area contributed by atoms with Gasteiger partial charge in [-0.05, 0) is 50.2 Å². The molecule has 1 saturated carbocycles. The number of carbonyl (C=O) groups excluding carboxylic acids is 1. The van der Waals surface area contributed by atoms with Gasteiger partial charge in [-0.25, -0.2) is 18.6 Å². The molecule has 33 heavy (non-hydrogen) atoms. The molecule has 0 atom stereocenters. The molecule has 0 saturated heterocycles. The van der Waals surface area contributed by atoms with E-state index in [0.29, 0.717) is 28.2 Å². The maximum absolute atomic E-state index is 13.8. The number of carboxylic acid groups (broad SMARTS) is 1. The highest BCUT2D eigenvalue weighted by Gasteiger charge is 2.28. The van der Waals surface area contributed by atoms with Crippen molar-refractivity contribution in [2.75, 3.05) is 24.2 Å². The van der Waals surface area contributed by atoms with E-state index in [0.717, 1.165) is 49.6 Å². The molecule has 2 aromatic rings. The van der Waals surface area contributed by atoms with Gasteiger partial charge in [0.1, 0.15) is 5.82 Å². The zero-order valence-corrected chi connectivity index (χ0v) is 19.9. The number of hydrogen-bond acceptors (Lipinski definition) is 6. The minimum atomic E-state index is -0.917. The van der Waals surface area contributed by atoms with Gasteiger partial charge in [0.05, 0.1) is 22.8 Å². The van der Waals surface area contributed by atoms with E-state index in [1.165, 1.54) is 17.4 Å². The first kappa shape index (κ1) is 25.2. The summed E-state index contributed by atoms with van der Waals surface area (Å²) in [7, 11) is 0. The number of nitrogens with zero attached hydrogens (tertiary/aromatic N) is 2. The van der Waals surface area contributed by atoms with Gasteiger partial charge in [-0.15, -0.1) is 11.8 Å². The fraction of sp³-hybridized carbons (Fsp3) is 0.500. The molecule has 1 heterocycles. The van der Waals surface area contributed by atoms with Gasteiger partial charge in [0.15, 0.2) is 16.7 Å². The largest absolute Gasteiger partial charge is 0.490 e. The topological polar surface area (TPSA) is 91.8 Å². The number of anilines is 1. The quantitative estimate of drug-likeness (QED) is 0.332. The molecule has 11 heteroatoms. The lowest BCUT2D eigenvalue weighted by Crippen LogP contribution is -2.45. The van der Waals surface area contributed by atoms with Gasteiger partial charge in [-0.3, -0.25) is 10.1 Å². The molecule has 2 amide bonds. The fourth-order valence-corrected chi connectivity index (χ4v) is 5.28. The van der Waals surface area contributed by atoms with Crippen LogP contribution in [0, 0.1) is 17.6 Å². The zero-order valence-electron chi connectivity index (χ0n) is 18.3. The second-order valence-electron chi connectivity index (χ2n) is 7.98. The Morgan fingerprint density at radius 3 is 2.76 bits per heavy atom. The molecule has 1 aliphatic rings. The molecular formula is C22H27F2N3O4S2. The van der Waals surface area contributed by atoms with Crippen molar-refractivity contribution in [3.63, 3.8) is 0 Å². The molecule has 0 bridgehead atoms. The predicted octanol–water partition coefficient (Wildman–Crippen LogP) is 5.48. The number of carbonyl (C=O) groups is 2. The van der Waals surface area contributed by atoms with Crippen LogP contribution in [0.2, 0.25) is 0 Å². The minimum absolute atomic E-state index is 0.0203. The fourth-order valence-electron chi connectivity index (χ4n) is 3.69. The third-order valence-corrected chi connectivity index (χ3v) is 7.51. The van der Waals surface area contributed by atoms with Crippen LogP contribution in [-0.4, -0.2) is 51.9 Å². The Hall–Kier alpha value is -2.40. The Bertz CT molecular complexity index is 951. The predicted molar refractivity (Wildman–Crippen MR) is 124 cm³/mol. The second-order valence-corrected chi connectivity index (χ2v) is 10.3. The van der Waals surface area contributed by atoms with Crippen LogP contribution in [0.25, 0.3) is 0 Å². The van der Waals surface area contributed by atoms with Gasteiger partial charge >= 0.3 is 12.0 Å². The van der Waals surface area contributed by atoms with Gasteiger partial charge in [-0.1, -0.05) is 18.3 Å². The summed E-state index contributed by atoms with van der Waals surface area (Å²) in [6.07, 6.45) is 5.91. The minimum Gasteiger partial charge on any atom is -0.490 e. The third-order valence-electron chi connectivity index (χ3n) is 5.42. The van der Waals surface area contributed by atoms with Crippen molar-refractivity contribution in [2.24, 2.45) is 5.92 Å². The molecule has 1 fully saturated rings. The SMILES string of the molecule is C[C@H]1CC[C@H](N(CCCOc2ccc(F)cc2F)C(=O)Nc2ncc(SCC(=O)O)s2)CC1. The first-order valence-electron chi connectivity index (χ1n) is 10.8. The van der Waals surface area contributed by atoms with Crippen molar-refractivity contribution in [1.82, 2.24) is 9.88 Å². The number of benzene rings is 1. The summed E-state index contributed by atoms with van der Waals surface area (Å²) < 4.78 is 32.9. The monoisotopic (exact) mass is 499 g/mol. The summed E-state index contributed by atoms with van der Waals surface area (Å²) >= 11 is 2.38. The number of hydrogen-bond donors (Lipinski definition) is 2. The number of carboxylic acids is 1. The van der Waals surface area contributed by atoms with Crippen molar-refractivity contribution in [3.8, 4) is 5.75 Å². The summed E-state index contributed by atoms with van der Waals surface area (Å²) in [5, 5.41) is 12.0. The maximum Gasteiger partial charge on any atom is 0.323 e. The van der Waals surface area contributed by atoms with Gasteiger partial charge in [0.2, 0.25) is 0 Å². The Balaban J connectivity index is 1.57. The Kier molecular flexibility index (Phi) is 9.30. The standard InChI is InChI=1S/C22H27F2N3O4S2/c1-14-3-6-16(7-4-14)27(9-2-10-31-18-8-5-15(23)11-17(18)24)22(30)26-21-25-12-20(33-21)32-13-19(28)29/h5,8,11-12,14,16H,2-4,6-7,9-10,13H2,1H3,(H,28,29)(H,25,26,30)/t14-,16-. The van der Waals surface area contributed by atoms with E-state index in [9.17, 15) is 18.4 Å². The number of urea groups is 1. The molecule has 1 aliphatic carbocycles. The van der Waals surface area contributed by atoms with Crippen molar-refractivity contribution >= 4 is 40.2 Å². The summed E-state index contributed by atoms with van der Waals surface area (Å²) in [5.74, 6) is -1.81. The summed E-state index contributed by atoms with van der Waals surface area (Å²) in [6, 6.07) is 2.98. The van der Waals surface area contributed by atoms with E-state index in [-0.39, 0.29) is 30.2 Å². The van der Waals surface area contributed by atoms with Crippen LogP contribution in [0.3, 0.4) is 0 Å². The number of nitrogens with one attached hydrogen (secondary N) is 1. The van der Waals surface area contributed by atoms with E-state index in [2.05, 4.69) is 17.2 Å². The van der Waals surface area contributed by atoms with E-state index in [1.54, 1.807) is 11.1 Å². The van der Waals surface area contributed by atoms with Crippen LogP contribution in [0.5, 0.6) is 5.75 Å². The summed E-state index contributed by atoms with van der Waals surface area (Å²) in [5.41, 5.74) is 0.